The molecule has 1 aromatic heterocycles. The molecule has 2 N–H and O–H groups in total. The Morgan fingerprint density at radius 3 is 2.62 bits per heavy atom. The Hall–Kier alpha value is -2.40. The van der Waals surface area contributed by atoms with E-state index in [1.807, 2.05) is 23.2 Å². The topological polar surface area (TPSA) is 42.1 Å². The molecule has 0 radical (unpaired) electrons. The summed E-state index contributed by atoms with van der Waals surface area (Å²) in [6, 6.07) is 14.7. The fourth-order valence-electron chi connectivity index (χ4n) is 4.33. The summed E-state index contributed by atoms with van der Waals surface area (Å²) < 4.78 is 0. The van der Waals surface area contributed by atoms with Crippen LogP contribution in [0.15, 0.2) is 48.7 Å². The average Bonchev–Trinajstić information content (AvgIpc) is 3.03. The number of nitrogens with one attached hydrogen (secondary N) is 2. The Morgan fingerprint density at radius 1 is 1.15 bits per heavy atom. The molecular weight excluding hydrogens is 324 g/mol. The Labute approximate surface area is 155 Å². The molecule has 0 bridgehead atoms. The first-order chi connectivity index (χ1) is 12.6. The van der Waals surface area contributed by atoms with Gasteiger partial charge in [0.25, 0.3) is 11.7 Å². The lowest BCUT2D eigenvalue weighted by Gasteiger charge is -2.34. The van der Waals surface area contributed by atoms with Gasteiger partial charge in [-0.1, -0.05) is 24.3 Å². The Bertz CT molecular complexity index is 771. The van der Waals surface area contributed by atoms with Crippen LogP contribution in [0, 0.1) is 0 Å². The number of hydrogen-bond acceptors (Lipinski definition) is 2. The van der Waals surface area contributed by atoms with E-state index >= 15 is 0 Å². The molecule has 2 aliphatic rings. The Balaban J connectivity index is 1.42. The van der Waals surface area contributed by atoms with Crippen LogP contribution in [0.5, 0.6) is 0 Å². The zero-order valence-corrected chi connectivity index (χ0v) is 15.6. The summed E-state index contributed by atoms with van der Waals surface area (Å²) in [4.78, 5) is 22.4. The predicted molar refractivity (Wildman–Crippen MR) is 102 cm³/mol. The number of anilines is 2. The highest BCUT2D eigenvalue weighted by molar-refractivity contribution is 5.98. The highest BCUT2D eigenvalue weighted by Gasteiger charge is 2.39. The van der Waals surface area contributed by atoms with Crippen LogP contribution in [0.2, 0.25) is 0 Å². The van der Waals surface area contributed by atoms with Gasteiger partial charge in [0.1, 0.15) is 26.2 Å². The number of rotatable bonds is 3. The molecule has 0 unspecified atom stereocenters. The summed E-state index contributed by atoms with van der Waals surface area (Å²) >= 11 is 0. The van der Waals surface area contributed by atoms with Crippen molar-refractivity contribution in [3.63, 3.8) is 0 Å². The van der Waals surface area contributed by atoms with Crippen LogP contribution in [0.4, 0.5) is 11.5 Å². The summed E-state index contributed by atoms with van der Waals surface area (Å²) in [6.45, 7) is 8.16. The molecule has 0 aliphatic carbocycles. The Morgan fingerprint density at radius 2 is 1.88 bits per heavy atom. The number of aromatic amines is 1. The molecule has 1 amide bonds. The fraction of sp³-hybridized carbons (Fsp3) is 0.429. The van der Waals surface area contributed by atoms with E-state index in [4.69, 9.17) is 0 Å². The van der Waals surface area contributed by atoms with Gasteiger partial charge in [-0.05, 0) is 38.0 Å². The normalized spacial score (nSPS) is 21.5. The molecule has 1 fully saturated rings. The average molecular weight is 352 g/mol. The lowest BCUT2D eigenvalue weighted by Crippen LogP contribution is -3.19. The van der Waals surface area contributed by atoms with Gasteiger partial charge >= 0.3 is 0 Å². The largest absolute Gasteiger partial charge is 0.318 e. The maximum atomic E-state index is 13.3. The fourth-order valence-corrected chi connectivity index (χ4v) is 4.33. The predicted octanol–water partition coefficient (Wildman–Crippen LogP) is 0.572. The van der Waals surface area contributed by atoms with Crippen LogP contribution in [0.3, 0.4) is 0 Å². The molecule has 5 nitrogen and oxygen atoms in total. The highest BCUT2D eigenvalue weighted by atomic mass is 16.2. The maximum Gasteiger partial charge on any atom is 0.285 e. The number of carbonyl (C=O) groups excluding carboxylic acids is 1. The van der Waals surface area contributed by atoms with Gasteiger partial charge in [0.2, 0.25) is 0 Å². The summed E-state index contributed by atoms with van der Waals surface area (Å²) in [6.07, 6.45) is 2.93. The number of quaternary nitrogens is 1. The molecule has 0 saturated carbocycles. The zero-order chi connectivity index (χ0) is 18.1. The number of carbonyl (C=O) groups is 1. The molecule has 2 atom stereocenters. The van der Waals surface area contributed by atoms with Gasteiger partial charge < -0.3 is 9.80 Å². The van der Waals surface area contributed by atoms with E-state index < -0.39 is 0 Å². The van der Waals surface area contributed by atoms with Gasteiger partial charge in [0.05, 0.1) is 6.20 Å². The maximum absolute atomic E-state index is 13.3. The molecule has 136 valence electrons. The van der Waals surface area contributed by atoms with Gasteiger partial charge in [-0.15, -0.1) is 0 Å². The number of para-hydroxylation sites is 1. The third kappa shape index (κ3) is 3.07. The first-order valence-corrected chi connectivity index (χ1v) is 9.62. The third-order valence-corrected chi connectivity index (χ3v) is 5.87. The number of pyridine rings is 1. The number of fused-ring (bicyclic) bond motifs is 1. The molecule has 2 aliphatic heterocycles. The van der Waals surface area contributed by atoms with Crippen molar-refractivity contribution in [2.24, 2.45) is 0 Å². The van der Waals surface area contributed by atoms with Crippen molar-refractivity contribution in [1.82, 2.24) is 0 Å². The lowest BCUT2D eigenvalue weighted by atomic mass is 10.1. The van der Waals surface area contributed by atoms with E-state index in [1.54, 1.807) is 0 Å². The number of benzene rings is 1. The molecular formula is C21H28N4O+2. The first-order valence-electron chi connectivity index (χ1n) is 9.62. The van der Waals surface area contributed by atoms with Crippen LogP contribution in [0.1, 0.15) is 19.4 Å². The highest BCUT2D eigenvalue weighted by Crippen LogP contribution is 2.32. The minimum Gasteiger partial charge on any atom is -0.318 e. The van der Waals surface area contributed by atoms with Crippen molar-refractivity contribution >= 4 is 17.4 Å². The van der Waals surface area contributed by atoms with Crippen LogP contribution in [0.25, 0.3) is 0 Å². The van der Waals surface area contributed by atoms with Gasteiger partial charge in [0.15, 0.2) is 6.04 Å². The molecule has 5 heteroatoms. The number of nitrogens with zero attached hydrogens (tertiary/aromatic N) is 2. The van der Waals surface area contributed by atoms with Crippen LogP contribution in [-0.2, 0) is 11.2 Å². The summed E-state index contributed by atoms with van der Waals surface area (Å²) in [5.74, 6) is 1.42. The van der Waals surface area contributed by atoms with E-state index in [-0.39, 0.29) is 18.0 Å². The molecule has 1 aromatic carbocycles. The summed E-state index contributed by atoms with van der Waals surface area (Å²) in [7, 11) is 0. The van der Waals surface area contributed by atoms with Crippen molar-refractivity contribution in [2.75, 3.05) is 36.0 Å². The van der Waals surface area contributed by atoms with Crippen molar-refractivity contribution < 1.29 is 14.7 Å². The second-order valence-corrected chi connectivity index (χ2v) is 7.50. The van der Waals surface area contributed by atoms with Crippen LogP contribution < -0.4 is 19.7 Å². The number of hydrogen-bond donors (Lipinski definition) is 1. The Kier molecular flexibility index (Phi) is 4.64. The van der Waals surface area contributed by atoms with Gasteiger partial charge in [-0.2, -0.15) is 0 Å². The van der Waals surface area contributed by atoms with Crippen molar-refractivity contribution in [2.45, 2.75) is 32.4 Å². The lowest BCUT2D eigenvalue weighted by molar-refractivity contribution is -0.914. The molecule has 3 heterocycles. The van der Waals surface area contributed by atoms with Gasteiger partial charge in [-0.25, -0.2) is 4.98 Å². The van der Waals surface area contributed by atoms with E-state index in [9.17, 15) is 4.79 Å². The minimum absolute atomic E-state index is 0.00879. The van der Waals surface area contributed by atoms with Gasteiger partial charge in [0, 0.05) is 17.8 Å². The van der Waals surface area contributed by atoms with Crippen LogP contribution in [-0.4, -0.2) is 44.2 Å². The second kappa shape index (κ2) is 7.08. The summed E-state index contributed by atoms with van der Waals surface area (Å²) in [5.41, 5.74) is 2.40. The third-order valence-electron chi connectivity index (χ3n) is 5.87. The quantitative estimate of drug-likeness (QED) is 0.878. The van der Waals surface area contributed by atoms with Crippen molar-refractivity contribution in [1.29, 1.82) is 0 Å². The zero-order valence-electron chi connectivity index (χ0n) is 15.6. The number of H-pyrrole nitrogens is 1. The first kappa shape index (κ1) is 17.0. The molecule has 0 spiro atoms. The smallest absolute Gasteiger partial charge is 0.285 e. The van der Waals surface area contributed by atoms with E-state index in [0.717, 1.165) is 44.1 Å². The minimum atomic E-state index is -0.00879. The molecule has 4 rings (SSSR count). The molecule has 26 heavy (non-hydrogen) atoms. The van der Waals surface area contributed by atoms with Crippen LogP contribution >= 0.6 is 0 Å². The number of piperazine rings is 1. The summed E-state index contributed by atoms with van der Waals surface area (Å²) in [5, 5.41) is 0. The van der Waals surface area contributed by atoms with E-state index in [0.29, 0.717) is 0 Å². The second-order valence-electron chi connectivity index (χ2n) is 7.50. The molecule has 1 saturated heterocycles. The monoisotopic (exact) mass is 352 g/mol. The molecule has 2 aromatic rings. The van der Waals surface area contributed by atoms with Crippen molar-refractivity contribution in [3.05, 3.63) is 54.2 Å². The standard InChI is InChI=1S/C21H26N4O/c1-16-15-18-7-3-4-8-19(18)25(16)21(26)17(2)23-11-13-24(14-12-23)20-9-5-6-10-22-20/h3-10,16-17H,11-15H2,1-2H3/p+2/t16-,17+/m1/s1. The van der Waals surface area contributed by atoms with E-state index in [1.165, 1.54) is 10.5 Å². The van der Waals surface area contributed by atoms with Gasteiger partial charge in [-0.3, -0.25) is 9.69 Å². The van der Waals surface area contributed by atoms with Crippen molar-refractivity contribution in [3.8, 4) is 0 Å². The number of amides is 1. The number of aromatic nitrogens is 1. The SMILES string of the molecule is C[C@@H]1Cc2ccccc2N1C(=O)[C@H](C)[NH+]1CCN(c2cccc[nH+]2)CC1. The van der Waals surface area contributed by atoms with E-state index in [2.05, 4.69) is 54.1 Å².